The van der Waals surface area contributed by atoms with Gasteiger partial charge in [-0.05, 0) is 19.4 Å². The smallest absolute Gasteiger partial charge is 0.255 e. The summed E-state index contributed by atoms with van der Waals surface area (Å²) in [5, 5.41) is 14.2. The van der Waals surface area contributed by atoms with Gasteiger partial charge in [0, 0.05) is 0 Å². The van der Waals surface area contributed by atoms with Gasteiger partial charge in [0.25, 0.3) is 5.91 Å². The van der Waals surface area contributed by atoms with E-state index in [1.54, 1.807) is 6.92 Å². The minimum Gasteiger partial charge on any atom is -0.472 e. The van der Waals surface area contributed by atoms with Crippen LogP contribution in [-0.2, 0) is 0 Å². The molecule has 0 aliphatic carbocycles. The van der Waals surface area contributed by atoms with Crippen LogP contribution in [0.1, 0.15) is 30.6 Å². The number of rotatable bonds is 4. The Kier molecular flexibility index (Phi) is 3.55. The summed E-state index contributed by atoms with van der Waals surface area (Å²) in [6.45, 7) is 3.51. The molecule has 1 aromatic heterocycles. The topological polar surface area (TPSA) is 101 Å². The Morgan fingerprint density at radius 3 is 2.88 bits per heavy atom. The summed E-state index contributed by atoms with van der Waals surface area (Å²) in [5.74, 6) is -0.364. The summed E-state index contributed by atoms with van der Waals surface area (Å²) < 4.78 is 4.80. The molecule has 88 valence electrons. The molecule has 0 saturated carbocycles. The molecule has 0 radical (unpaired) electrons. The number of nitrogens with one attached hydrogen (secondary N) is 1. The normalized spacial score (nSPS) is 15.5. The molecular formula is C10H15N3O3. The van der Waals surface area contributed by atoms with Crippen LogP contribution in [0, 0.1) is 0 Å². The lowest BCUT2D eigenvalue weighted by Gasteiger charge is -2.27. The second-order valence-electron chi connectivity index (χ2n) is 3.64. The maximum absolute atomic E-state index is 11.7. The lowest BCUT2D eigenvalue weighted by Crippen LogP contribution is -2.55. The van der Waals surface area contributed by atoms with Gasteiger partial charge in [0.15, 0.2) is 5.84 Å². The predicted molar refractivity (Wildman–Crippen MR) is 58.3 cm³/mol. The summed E-state index contributed by atoms with van der Waals surface area (Å²) in [5.41, 5.74) is 5.05. The molecule has 1 aromatic rings. The van der Waals surface area contributed by atoms with Crippen molar-refractivity contribution in [1.29, 1.82) is 0 Å². The number of nitrogens with zero attached hydrogens (tertiary/aromatic N) is 1. The molecule has 16 heavy (non-hydrogen) atoms. The fraction of sp³-hybridized carbons (Fsp3) is 0.400. The van der Waals surface area contributed by atoms with Crippen molar-refractivity contribution in [1.82, 2.24) is 5.32 Å². The second kappa shape index (κ2) is 4.69. The van der Waals surface area contributed by atoms with Crippen LogP contribution in [0.15, 0.2) is 28.2 Å². The van der Waals surface area contributed by atoms with Gasteiger partial charge < -0.3 is 20.7 Å². The van der Waals surface area contributed by atoms with Crippen LogP contribution in [0.4, 0.5) is 0 Å². The highest BCUT2D eigenvalue weighted by Gasteiger charge is 2.30. The fourth-order valence-electron chi connectivity index (χ4n) is 1.16. The highest BCUT2D eigenvalue weighted by atomic mass is 16.4. The molecule has 1 atom stereocenters. The zero-order valence-electron chi connectivity index (χ0n) is 9.23. The summed E-state index contributed by atoms with van der Waals surface area (Å²) in [6.07, 6.45) is 3.24. The van der Waals surface area contributed by atoms with Crippen LogP contribution in [0.3, 0.4) is 0 Å². The van der Waals surface area contributed by atoms with Crippen molar-refractivity contribution < 1.29 is 14.4 Å². The Bertz CT molecular complexity index is 386. The Labute approximate surface area is 93.1 Å². The molecule has 0 aliphatic heterocycles. The average molecular weight is 225 g/mol. The van der Waals surface area contributed by atoms with Crippen molar-refractivity contribution in [3.8, 4) is 0 Å². The van der Waals surface area contributed by atoms with Gasteiger partial charge in [-0.3, -0.25) is 4.79 Å². The van der Waals surface area contributed by atoms with Crippen molar-refractivity contribution in [2.45, 2.75) is 25.8 Å². The third-order valence-corrected chi connectivity index (χ3v) is 2.55. The number of amides is 1. The van der Waals surface area contributed by atoms with Crippen molar-refractivity contribution in [3.05, 3.63) is 24.2 Å². The van der Waals surface area contributed by atoms with Crippen LogP contribution >= 0.6 is 0 Å². The first kappa shape index (κ1) is 12.1. The molecule has 0 bridgehead atoms. The van der Waals surface area contributed by atoms with E-state index in [9.17, 15) is 4.79 Å². The summed E-state index contributed by atoms with van der Waals surface area (Å²) in [6, 6.07) is 1.54. The lowest BCUT2D eigenvalue weighted by atomic mass is 9.97. The van der Waals surface area contributed by atoms with Crippen molar-refractivity contribution in [2.75, 3.05) is 0 Å². The Morgan fingerprint density at radius 1 is 1.75 bits per heavy atom. The number of nitrogens with two attached hydrogens (primary N) is 1. The third kappa shape index (κ3) is 2.33. The Balaban J connectivity index is 2.82. The fourth-order valence-corrected chi connectivity index (χ4v) is 1.16. The number of hydrogen-bond donors (Lipinski definition) is 3. The zero-order valence-corrected chi connectivity index (χ0v) is 9.23. The van der Waals surface area contributed by atoms with Crippen LogP contribution < -0.4 is 11.1 Å². The summed E-state index contributed by atoms with van der Waals surface area (Å²) in [4.78, 5) is 11.7. The molecule has 1 rings (SSSR count). The van der Waals surface area contributed by atoms with Gasteiger partial charge in [0.05, 0.1) is 17.4 Å². The minimum absolute atomic E-state index is 0.0353. The molecule has 1 amide bonds. The molecule has 6 nitrogen and oxygen atoms in total. The molecule has 0 saturated heterocycles. The van der Waals surface area contributed by atoms with Crippen LogP contribution in [0.25, 0.3) is 0 Å². The number of furan rings is 1. The van der Waals surface area contributed by atoms with Crippen molar-refractivity contribution in [3.63, 3.8) is 0 Å². The van der Waals surface area contributed by atoms with Crippen molar-refractivity contribution >= 4 is 11.7 Å². The van der Waals surface area contributed by atoms with Crippen LogP contribution in [0.2, 0.25) is 0 Å². The lowest BCUT2D eigenvalue weighted by molar-refractivity contribution is 0.0924. The van der Waals surface area contributed by atoms with Gasteiger partial charge in [0.2, 0.25) is 0 Å². The van der Waals surface area contributed by atoms with Crippen molar-refractivity contribution in [2.24, 2.45) is 10.9 Å². The largest absolute Gasteiger partial charge is 0.472 e. The molecule has 6 heteroatoms. The Morgan fingerprint density at radius 2 is 2.44 bits per heavy atom. The summed E-state index contributed by atoms with van der Waals surface area (Å²) >= 11 is 0. The van der Waals surface area contributed by atoms with E-state index in [-0.39, 0.29) is 11.7 Å². The number of carbonyl (C=O) groups is 1. The molecule has 1 heterocycles. The molecule has 4 N–H and O–H groups in total. The van der Waals surface area contributed by atoms with E-state index in [4.69, 9.17) is 15.4 Å². The van der Waals surface area contributed by atoms with E-state index >= 15 is 0 Å². The van der Waals surface area contributed by atoms with Crippen LogP contribution in [-0.4, -0.2) is 22.5 Å². The van der Waals surface area contributed by atoms with Gasteiger partial charge in [0.1, 0.15) is 6.26 Å². The van der Waals surface area contributed by atoms with E-state index < -0.39 is 5.54 Å². The molecule has 0 aromatic carbocycles. The highest BCUT2D eigenvalue weighted by molar-refractivity contribution is 5.99. The average Bonchev–Trinajstić information content (AvgIpc) is 2.81. The standard InChI is InChI=1S/C10H15N3O3/c1-3-10(2,9(11)13-15)12-8(14)7-4-5-16-6-7/h4-6,15H,3H2,1-2H3,(H2,11,13)(H,12,14). The SMILES string of the molecule is CCC(C)(NC(=O)c1ccoc1)/C(N)=N/O. The summed E-state index contributed by atoms with van der Waals surface area (Å²) in [7, 11) is 0. The quantitative estimate of drug-likeness (QED) is 0.307. The van der Waals surface area contributed by atoms with E-state index in [1.165, 1.54) is 18.6 Å². The number of amidine groups is 1. The first-order valence-electron chi connectivity index (χ1n) is 4.86. The van der Waals surface area contributed by atoms with Gasteiger partial charge in [-0.25, -0.2) is 0 Å². The van der Waals surface area contributed by atoms with E-state index in [1.807, 2.05) is 6.92 Å². The number of oxime groups is 1. The van der Waals surface area contributed by atoms with Crippen LogP contribution in [0.5, 0.6) is 0 Å². The predicted octanol–water partition coefficient (Wildman–Crippen LogP) is 0.925. The molecule has 0 fully saturated rings. The van der Waals surface area contributed by atoms with Gasteiger partial charge in [-0.1, -0.05) is 12.1 Å². The first-order chi connectivity index (χ1) is 7.53. The Hall–Kier alpha value is -1.98. The molecule has 0 aliphatic rings. The maximum atomic E-state index is 11.7. The number of hydrogen-bond acceptors (Lipinski definition) is 4. The van der Waals surface area contributed by atoms with Gasteiger partial charge in [-0.2, -0.15) is 0 Å². The first-order valence-corrected chi connectivity index (χ1v) is 4.86. The van der Waals surface area contributed by atoms with Gasteiger partial charge >= 0.3 is 0 Å². The second-order valence-corrected chi connectivity index (χ2v) is 3.64. The number of carbonyl (C=O) groups excluding carboxylic acids is 1. The zero-order chi connectivity index (χ0) is 12.2. The molecule has 0 spiro atoms. The van der Waals surface area contributed by atoms with E-state index in [0.717, 1.165) is 0 Å². The third-order valence-electron chi connectivity index (χ3n) is 2.55. The molecular weight excluding hydrogens is 210 g/mol. The van der Waals surface area contributed by atoms with Gasteiger partial charge in [-0.15, -0.1) is 0 Å². The monoisotopic (exact) mass is 225 g/mol. The minimum atomic E-state index is -0.872. The maximum Gasteiger partial charge on any atom is 0.255 e. The van der Waals surface area contributed by atoms with E-state index in [2.05, 4.69) is 10.5 Å². The van der Waals surface area contributed by atoms with E-state index in [0.29, 0.717) is 12.0 Å². The highest BCUT2D eigenvalue weighted by Crippen LogP contribution is 2.11. The molecule has 1 unspecified atom stereocenters.